The molecule has 1 aromatic heterocycles. The zero-order valence-corrected chi connectivity index (χ0v) is 8.83. The van der Waals surface area contributed by atoms with E-state index in [1.165, 1.54) is 0 Å². The number of rotatable bonds is 2. The van der Waals surface area contributed by atoms with Gasteiger partial charge in [0.15, 0.2) is 0 Å². The summed E-state index contributed by atoms with van der Waals surface area (Å²) >= 11 is 0. The van der Waals surface area contributed by atoms with E-state index in [9.17, 15) is 0 Å². The van der Waals surface area contributed by atoms with Gasteiger partial charge in [0.2, 0.25) is 0 Å². The van der Waals surface area contributed by atoms with E-state index in [2.05, 4.69) is 10.5 Å². The summed E-state index contributed by atoms with van der Waals surface area (Å²) < 4.78 is 0. The van der Waals surface area contributed by atoms with Crippen molar-refractivity contribution in [2.75, 3.05) is 0 Å². The van der Waals surface area contributed by atoms with Gasteiger partial charge in [-0.15, -0.1) is 0 Å². The predicted octanol–water partition coefficient (Wildman–Crippen LogP) is 2.82. The van der Waals surface area contributed by atoms with Crippen LogP contribution in [-0.4, -0.2) is 10.2 Å². The number of nitrogens with one attached hydrogen (secondary N) is 2. The fraction of sp³-hybridized carbons (Fsp3) is 0.167. The molecule has 3 nitrogen and oxygen atoms in total. The quantitative estimate of drug-likeness (QED) is 0.656. The summed E-state index contributed by atoms with van der Waals surface area (Å²) in [5, 5.41) is 10.2. The fourth-order valence-corrected chi connectivity index (χ4v) is 1.89. The Balaban J connectivity index is 2.74. The Morgan fingerprint density at radius 2 is 2.13 bits per heavy atom. The summed E-state index contributed by atoms with van der Waals surface area (Å²) in [6, 6.07) is 8.04. The first-order valence-electron chi connectivity index (χ1n) is 4.92. The monoisotopic (exact) mass is 202 g/mol. The molecule has 2 aromatic rings. The van der Waals surface area contributed by atoms with Gasteiger partial charge in [-0.3, -0.25) is 10.7 Å². The fourth-order valence-electron chi connectivity index (χ4n) is 1.89. The van der Waals surface area contributed by atoms with E-state index in [1.807, 2.05) is 44.2 Å². The third-order valence-corrected chi connectivity index (χ3v) is 2.57. The van der Waals surface area contributed by atoms with Gasteiger partial charge in [-0.2, -0.15) is 0 Å². The van der Waals surface area contributed by atoms with Crippen molar-refractivity contribution in [1.29, 1.82) is 0 Å². The summed E-state index contributed by atoms with van der Waals surface area (Å²) in [7, 11) is 0. The van der Waals surface area contributed by atoms with Gasteiger partial charge in [0, 0.05) is 22.2 Å². The molecule has 2 rings (SSSR count). The van der Waals surface area contributed by atoms with Crippen molar-refractivity contribution in [2.24, 2.45) is 0 Å². The first kappa shape index (κ1) is 9.80. The molecule has 1 heterocycles. The molecule has 0 amide bonds. The number of allylic oxidation sites excluding steroid dienone is 1. The second kappa shape index (κ2) is 3.79. The van der Waals surface area contributed by atoms with Crippen molar-refractivity contribution in [2.45, 2.75) is 13.8 Å². The predicted molar refractivity (Wildman–Crippen MR) is 61.6 cm³/mol. The largest absolute Gasteiger partial charge is 0.358 e. The maximum Gasteiger partial charge on any atom is 0.0656 e. The van der Waals surface area contributed by atoms with Gasteiger partial charge in [0.25, 0.3) is 0 Å². The molecule has 0 aliphatic rings. The van der Waals surface area contributed by atoms with Crippen LogP contribution in [0.15, 0.2) is 30.3 Å². The molecule has 3 N–H and O–H groups in total. The van der Waals surface area contributed by atoms with Gasteiger partial charge < -0.3 is 4.98 Å². The first-order chi connectivity index (χ1) is 7.27. The lowest BCUT2D eigenvalue weighted by Gasteiger charge is -2.04. The molecule has 1 aromatic carbocycles. The molecule has 0 radical (unpaired) electrons. The zero-order chi connectivity index (χ0) is 10.8. The van der Waals surface area contributed by atoms with Gasteiger partial charge in [-0.25, -0.2) is 0 Å². The molecule has 0 fully saturated rings. The normalized spacial score (nSPS) is 12.1. The Hall–Kier alpha value is -1.74. The van der Waals surface area contributed by atoms with Crippen molar-refractivity contribution in [1.82, 2.24) is 10.5 Å². The average Bonchev–Trinajstić information content (AvgIpc) is 2.58. The van der Waals surface area contributed by atoms with Gasteiger partial charge in [-0.1, -0.05) is 24.3 Å². The third-order valence-electron chi connectivity index (χ3n) is 2.57. The molecule has 0 aliphatic carbocycles. The molecular formula is C12H14N2O. The van der Waals surface area contributed by atoms with Gasteiger partial charge >= 0.3 is 0 Å². The van der Waals surface area contributed by atoms with E-state index in [0.717, 1.165) is 27.9 Å². The highest BCUT2D eigenvalue weighted by Crippen LogP contribution is 2.26. The van der Waals surface area contributed by atoms with Crippen LogP contribution in [0.2, 0.25) is 0 Å². The maximum absolute atomic E-state index is 9.05. The number of aryl methyl sites for hydroxylation is 1. The minimum absolute atomic E-state index is 0.727. The summed E-state index contributed by atoms with van der Waals surface area (Å²) in [5.41, 5.74) is 6.11. The van der Waals surface area contributed by atoms with Crippen LogP contribution in [0.3, 0.4) is 0 Å². The van der Waals surface area contributed by atoms with Crippen LogP contribution >= 0.6 is 0 Å². The van der Waals surface area contributed by atoms with E-state index in [0.29, 0.717) is 0 Å². The SMILES string of the molecule is CC=C(NO)c1c(C)[nH]c2ccccc12. The Morgan fingerprint density at radius 1 is 1.40 bits per heavy atom. The van der Waals surface area contributed by atoms with Crippen LogP contribution in [0.1, 0.15) is 18.2 Å². The third kappa shape index (κ3) is 1.51. The van der Waals surface area contributed by atoms with Crippen molar-refractivity contribution < 1.29 is 5.21 Å². The summed E-state index contributed by atoms with van der Waals surface area (Å²) in [6.07, 6.45) is 1.85. The van der Waals surface area contributed by atoms with E-state index < -0.39 is 0 Å². The average molecular weight is 202 g/mol. The minimum Gasteiger partial charge on any atom is -0.358 e. The van der Waals surface area contributed by atoms with E-state index in [4.69, 9.17) is 5.21 Å². The second-order valence-electron chi connectivity index (χ2n) is 3.48. The first-order valence-corrected chi connectivity index (χ1v) is 4.92. The number of benzene rings is 1. The number of hydrogen-bond donors (Lipinski definition) is 3. The number of aromatic amines is 1. The van der Waals surface area contributed by atoms with Crippen LogP contribution in [0.25, 0.3) is 16.6 Å². The number of aromatic nitrogens is 1. The lowest BCUT2D eigenvalue weighted by atomic mass is 10.1. The molecule has 0 saturated heterocycles. The van der Waals surface area contributed by atoms with Gasteiger partial charge in [0.05, 0.1) is 5.70 Å². The summed E-state index contributed by atoms with van der Waals surface area (Å²) in [6.45, 7) is 3.88. The van der Waals surface area contributed by atoms with Crippen LogP contribution < -0.4 is 5.48 Å². The van der Waals surface area contributed by atoms with E-state index in [-0.39, 0.29) is 0 Å². The highest BCUT2D eigenvalue weighted by molar-refractivity contribution is 5.93. The molecule has 3 heteroatoms. The Morgan fingerprint density at radius 3 is 2.80 bits per heavy atom. The maximum atomic E-state index is 9.05. The lowest BCUT2D eigenvalue weighted by molar-refractivity contribution is 0.224. The highest BCUT2D eigenvalue weighted by atomic mass is 16.5. The van der Waals surface area contributed by atoms with E-state index >= 15 is 0 Å². The second-order valence-corrected chi connectivity index (χ2v) is 3.48. The summed E-state index contributed by atoms with van der Waals surface area (Å²) in [4.78, 5) is 3.28. The number of H-pyrrole nitrogens is 1. The summed E-state index contributed by atoms with van der Waals surface area (Å²) in [5.74, 6) is 0. The minimum atomic E-state index is 0.727. The number of fused-ring (bicyclic) bond motifs is 1. The molecule has 0 saturated carbocycles. The van der Waals surface area contributed by atoms with Crippen molar-refractivity contribution >= 4 is 16.6 Å². The molecule has 0 unspecified atom stereocenters. The zero-order valence-electron chi connectivity index (χ0n) is 8.83. The smallest absolute Gasteiger partial charge is 0.0656 e. The van der Waals surface area contributed by atoms with Crippen LogP contribution in [0, 0.1) is 6.92 Å². The molecule has 0 bridgehead atoms. The van der Waals surface area contributed by atoms with Crippen molar-refractivity contribution in [3.63, 3.8) is 0 Å². The Kier molecular flexibility index (Phi) is 2.47. The molecule has 0 atom stereocenters. The van der Waals surface area contributed by atoms with Crippen molar-refractivity contribution in [3.8, 4) is 0 Å². The van der Waals surface area contributed by atoms with Crippen LogP contribution in [0.4, 0.5) is 0 Å². The topological polar surface area (TPSA) is 48.0 Å². The van der Waals surface area contributed by atoms with E-state index in [1.54, 1.807) is 0 Å². The number of hydrogen-bond acceptors (Lipinski definition) is 2. The number of para-hydroxylation sites is 1. The Labute approximate surface area is 88.4 Å². The molecule has 15 heavy (non-hydrogen) atoms. The molecule has 78 valence electrons. The van der Waals surface area contributed by atoms with Gasteiger partial charge in [-0.05, 0) is 19.9 Å². The molecular weight excluding hydrogens is 188 g/mol. The van der Waals surface area contributed by atoms with Crippen LogP contribution in [-0.2, 0) is 0 Å². The highest BCUT2D eigenvalue weighted by Gasteiger charge is 2.10. The number of hydroxylamine groups is 1. The molecule has 0 aliphatic heterocycles. The lowest BCUT2D eigenvalue weighted by Crippen LogP contribution is -2.05. The van der Waals surface area contributed by atoms with Crippen molar-refractivity contribution in [3.05, 3.63) is 41.6 Å². The standard InChI is InChI=1S/C12H14N2O/c1-3-10(14-15)12-8(2)13-11-7-5-4-6-9(11)12/h3-7,13-15H,1-2H3. The van der Waals surface area contributed by atoms with Gasteiger partial charge in [0.1, 0.15) is 0 Å². The molecule has 0 spiro atoms. The Bertz CT molecular complexity index is 511. The van der Waals surface area contributed by atoms with Crippen LogP contribution in [0.5, 0.6) is 0 Å².